The highest BCUT2D eigenvalue weighted by atomic mass is 16.5. The molecular formula is C13H20O2. The number of carbonyl (C=O) groups excluding carboxylic acids is 1. The molecule has 0 saturated heterocycles. The van der Waals surface area contributed by atoms with E-state index >= 15 is 0 Å². The summed E-state index contributed by atoms with van der Waals surface area (Å²) in [5, 5.41) is 0. The monoisotopic (exact) mass is 208 g/mol. The number of hydrogen-bond donors (Lipinski definition) is 0. The number of hydrogen-bond acceptors (Lipinski definition) is 2. The fraction of sp³-hybridized carbons (Fsp3) is 0.615. The number of carbonyl (C=O) groups is 1. The molecule has 0 aromatic carbocycles. The zero-order valence-corrected chi connectivity index (χ0v) is 9.82. The molecule has 0 atom stereocenters. The molecule has 0 heterocycles. The summed E-state index contributed by atoms with van der Waals surface area (Å²) in [5.41, 5.74) is -0.558. The van der Waals surface area contributed by atoms with Crippen molar-refractivity contribution in [3.8, 4) is 0 Å². The van der Waals surface area contributed by atoms with Crippen molar-refractivity contribution in [2.24, 2.45) is 11.3 Å². The first kappa shape index (κ1) is 12.0. The summed E-state index contributed by atoms with van der Waals surface area (Å²) < 4.78 is 4.77. The van der Waals surface area contributed by atoms with E-state index in [1.807, 2.05) is 19.1 Å². The lowest BCUT2D eigenvalue weighted by atomic mass is 9.82. The van der Waals surface area contributed by atoms with E-state index < -0.39 is 5.41 Å². The average Bonchev–Trinajstić information content (AvgIpc) is 2.27. The molecule has 0 aromatic heterocycles. The summed E-state index contributed by atoms with van der Waals surface area (Å²) >= 11 is 0. The minimum atomic E-state index is -0.558. The van der Waals surface area contributed by atoms with Gasteiger partial charge < -0.3 is 4.74 Å². The van der Waals surface area contributed by atoms with Gasteiger partial charge in [-0.3, -0.25) is 4.79 Å². The highest BCUT2D eigenvalue weighted by molar-refractivity contribution is 5.81. The molecule has 1 rings (SSSR count). The van der Waals surface area contributed by atoms with Gasteiger partial charge in [-0.15, -0.1) is 0 Å². The Morgan fingerprint density at radius 2 is 2.00 bits per heavy atom. The van der Waals surface area contributed by atoms with Crippen molar-refractivity contribution in [1.29, 1.82) is 0 Å². The smallest absolute Gasteiger partial charge is 0.319 e. The van der Waals surface area contributed by atoms with Gasteiger partial charge in [-0.1, -0.05) is 44.1 Å². The summed E-state index contributed by atoms with van der Waals surface area (Å²) in [6.07, 6.45) is 11.8. The standard InChI is InChI=1S/C13H20O2/c1-4-5-6-11-7-9-13(2,10-8-11)12(14)15-3/h7-11H,4-6H2,1-3H3. The molecule has 0 fully saturated rings. The van der Waals surface area contributed by atoms with Crippen LogP contribution < -0.4 is 0 Å². The van der Waals surface area contributed by atoms with Crippen LogP contribution in [0.3, 0.4) is 0 Å². The maximum absolute atomic E-state index is 11.5. The van der Waals surface area contributed by atoms with Gasteiger partial charge in [-0.25, -0.2) is 0 Å². The Bertz CT molecular complexity index is 262. The van der Waals surface area contributed by atoms with Crippen molar-refractivity contribution >= 4 is 5.97 Å². The minimum absolute atomic E-state index is 0.191. The van der Waals surface area contributed by atoms with Crippen LogP contribution in [-0.2, 0) is 9.53 Å². The molecule has 0 amide bonds. The first-order valence-electron chi connectivity index (χ1n) is 5.59. The zero-order chi connectivity index (χ0) is 11.3. The van der Waals surface area contributed by atoms with Gasteiger partial charge in [0.25, 0.3) is 0 Å². The number of methoxy groups -OCH3 is 1. The molecule has 15 heavy (non-hydrogen) atoms. The lowest BCUT2D eigenvalue weighted by molar-refractivity contribution is -0.146. The van der Waals surface area contributed by atoms with Gasteiger partial charge in [0.05, 0.1) is 7.11 Å². The van der Waals surface area contributed by atoms with Gasteiger partial charge in [0, 0.05) is 0 Å². The second-order valence-electron chi connectivity index (χ2n) is 4.30. The van der Waals surface area contributed by atoms with Gasteiger partial charge in [-0.05, 0) is 19.3 Å². The lowest BCUT2D eigenvalue weighted by Gasteiger charge is -2.24. The van der Waals surface area contributed by atoms with E-state index in [0.29, 0.717) is 5.92 Å². The predicted octanol–water partition coefficient (Wildman–Crippen LogP) is 3.10. The van der Waals surface area contributed by atoms with E-state index in [0.717, 1.165) is 0 Å². The normalized spacial score (nSPS) is 29.1. The van der Waals surface area contributed by atoms with Gasteiger partial charge in [-0.2, -0.15) is 0 Å². The summed E-state index contributed by atoms with van der Waals surface area (Å²) in [4.78, 5) is 11.5. The van der Waals surface area contributed by atoms with E-state index in [4.69, 9.17) is 4.74 Å². The van der Waals surface area contributed by atoms with Crippen LogP contribution in [0.15, 0.2) is 24.3 Å². The molecule has 0 aromatic rings. The highest BCUT2D eigenvalue weighted by Crippen LogP contribution is 2.29. The molecule has 1 aliphatic rings. The van der Waals surface area contributed by atoms with E-state index in [2.05, 4.69) is 19.1 Å². The van der Waals surface area contributed by atoms with Crippen LogP contribution in [0, 0.1) is 11.3 Å². The fourth-order valence-electron chi connectivity index (χ4n) is 1.75. The van der Waals surface area contributed by atoms with Gasteiger partial charge in [0.2, 0.25) is 0 Å². The van der Waals surface area contributed by atoms with Crippen LogP contribution in [0.2, 0.25) is 0 Å². The van der Waals surface area contributed by atoms with Crippen molar-refractivity contribution in [3.05, 3.63) is 24.3 Å². The third-order valence-corrected chi connectivity index (χ3v) is 2.90. The molecule has 0 spiro atoms. The molecule has 0 unspecified atom stereocenters. The Morgan fingerprint density at radius 3 is 2.47 bits per heavy atom. The van der Waals surface area contributed by atoms with E-state index in [1.165, 1.54) is 26.4 Å². The largest absolute Gasteiger partial charge is 0.468 e. The molecule has 84 valence electrons. The van der Waals surface area contributed by atoms with Crippen molar-refractivity contribution in [3.63, 3.8) is 0 Å². The predicted molar refractivity (Wildman–Crippen MR) is 61.4 cm³/mol. The lowest BCUT2D eigenvalue weighted by Crippen LogP contribution is -2.26. The van der Waals surface area contributed by atoms with Crippen LogP contribution in [0.25, 0.3) is 0 Å². The Balaban J connectivity index is 2.58. The van der Waals surface area contributed by atoms with Crippen molar-refractivity contribution in [2.45, 2.75) is 33.1 Å². The van der Waals surface area contributed by atoms with Crippen LogP contribution in [-0.4, -0.2) is 13.1 Å². The summed E-state index contributed by atoms with van der Waals surface area (Å²) in [6.45, 7) is 4.07. The highest BCUT2D eigenvalue weighted by Gasteiger charge is 2.30. The number of rotatable bonds is 4. The first-order valence-corrected chi connectivity index (χ1v) is 5.59. The first-order chi connectivity index (χ1) is 7.12. The fourth-order valence-corrected chi connectivity index (χ4v) is 1.75. The van der Waals surface area contributed by atoms with Gasteiger partial charge in [0.15, 0.2) is 0 Å². The number of allylic oxidation sites excluding steroid dienone is 2. The van der Waals surface area contributed by atoms with Gasteiger partial charge in [0.1, 0.15) is 5.41 Å². The molecule has 0 radical (unpaired) electrons. The van der Waals surface area contributed by atoms with Gasteiger partial charge >= 0.3 is 5.97 Å². The summed E-state index contributed by atoms with van der Waals surface area (Å²) in [5.74, 6) is 0.298. The molecular weight excluding hydrogens is 188 g/mol. The van der Waals surface area contributed by atoms with Crippen LogP contribution in [0.5, 0.6) is 0 Å². The molecule has 0 bridgehead atoms. The quantitative estimate of drug-likeness (QED) is 0.524. The molecule has 0 N–H and O–H groups in total. The third kappa shape index (κ3) is 2.95. The SMILES string of the molecule is CCCCC1C=CC(C)(C(=O)OC)C=C1. The third-order valence-electron chi connectivity index (χ3n) is 2.90. The second-order valence-corrected chi connectivity index (χ2v) is 4.30. The summed E-state index contributed by atoms with van der Waals surface area (Å²) in [6, 6.07) is 0. The van der Waals surface area contributed by atoms with E-state index in [1.54, 1.807) is 0 Å². The maximum Gasteiger partial charge on any atom is 0.319 e. The topological polar surface area (TPSA) is 26.3 Å². The van der Waals surface area contributed by atoms with Crippen LogP contribution in [0.1, 0.15) is 33.1 Å². The average molecular weight is 208 g/mol. The van der Waals surface area contributed by atoms with E-state index in [-0.39, 0.29) is 5.97 Å². The molecule has 2 heteroatoms. The minimum Gasteiger partial charge on any atom is -0.468 e. The molecule has 0 saturated carbocycles. The van der Waals surface area contributed by atoms with Crippen molar-refractivity contribution < 1.29 is 9.53 Å². The number of esters is 1. The number of ether oxygens (including phenoxy) is 1. The molecule has 2 nitrogen and oxygen atoms in total. The zero-order valence-electron chi connectivity index (χ0n) is 9.82. The molecule has 0 aliphatic heterocycles. The Morgan fingerprint density at radius 1 is 1.40 bits per heavy atom. The molecule has 1 aliphatic carbocycles. The Labute approximate surface area is 92.0 Å². The summed E-state index contributed by atoms with van der Waals surface area (Å²) in [7, 11) is 1.43. The maximum atomic E-state index is 11.5. The number of unbranched alkanes of at least 4 members (excludes halogenated alkanes) is 1. The van der Waals surface area contributed by atoms with Crippen LogP contribution in [0.4, 0.5) is 0 Å². The van der Waals surface area contributed by atoms with Crippen molar-refractivity contribution in [1.82, 2.24) is 0 Å². The second kappa shape index (κ2) is 5.15. The Hall–Kier alpha value is -1.05. The Kier molecular flexibility index (Phi) is 4.13. The van der Waals surface area contributed by atoms with Crippen molar-refractivity contribution in [2.75, 3.05) is 7.11 Å². The van der Waals surface area contributed by atoms with E-state index in [9.17, 15) is 4.79 Å². The van der Waals surface area contributed by atoms with Crippen LogP contribution >= 0.6 is 0 Å².